The third-order valence-corrected chi connectivity index (χ3v) is 2.53. The van der Waals surface area contributed by atoms with Gasteiger partial charge in [0.25, 0.3) is 0 Å². The van der Waals surface area contributed by atoms with E-state index in [1.54, 1.807) is 12.4 Å². The maximum absolute atomic E-state index is 4.57. The lowest BCUT2D eigenvalue weighted by atomic mass is 10.1. The molecule has 0 atom stereocenters. The van der Waals surface area contributed by atoms with Gasteiger partial charge in [-0.05, 0) is 39.8 Å². The molecule has 0 aromatic carbocycles. The van der Waals surface area contributed by atoms with Crippen LogP contribution in [0.4, 0.5) is 11.8 Å². The van der Waals surface area contributed by atoms with Crippen molar-refractivity contribution < 1.29 is 0 Å². The van der Waals surface area contributed by atoms with Crippen molar-refractivity contribution in [3.63, 3.8) is 0 Å². The lowest BCUT2D eigenvalue weighted by molar-refractivity contribution is 0.626. The van der Waals surface area contributed by atoms with Gasteiger partial charge in [-0.15, -0.1) is 0 Å². The molecule has 0 saturated heterocycles. The SMILES string of the molecule is CCNc1cc(-c2cccnc2)nc(NC(C)(C)C)n1. The highest BCUT2D eigenvalue weighted by atomic mass is 15.2. The van der Waals surface area contributed by atoms with E-state index < -0.39 is 0 Å². The van der Waals surface area contributed by atoms with Crippen LogP contribution >= 0.6 is 0 Å². The van der Waals surface area contributed by atoms with Gasteiger partial charge in [0, 0.05) is 36.1 Å². The molecule has 20 heavy (non-hydrogen) atoms. The number of anilines is 2. The summed E-state index contributed by atoms with van der Waals surface area (Å²) in [7, 11) is 0. The summed E-state index contributed by atoms with van der Waals surface area (Å²) in [6.07, 6.45) is 3.56. The smallest absolute Gasteiger partial charge is 0.225 e. The van der Waals surface area contributed by atoms with E-state index in [1.165, 1.54) is 0 Å². The molecule has 0 fully saturated rings. The Labute approximate surface area is 119 Å². The van der Waals surface area contributed by atoms with Gasteiger partial charge >= 0.3 is 0 Å². The summed E-state index contributed by atoms with van der Waals surface area (Å²) in [6.45, 7) is 9.11. The van der Waals surface area contributed by atoms with Crippen LogP contribution in [-0.4, -0.2) is 27.0 Å². The van der Waals surface area contributed by atoms with Gasteiger partial charge in [-0.3, -0.25) is 4.98 Å². The molecule has 5 heteroatoms. The van der Waals surface area contributed by atoms with E-state index in [9.17, 15) is 0 Å². The van der Waals surface area contributed by atoms with Crippen molar-refractivity contribution in [2.45, 2.75) is 33.2 Å². The van der Waals surface area contributed by atoms with E-state index in [4.69, 9.17) is 0 Å². The number of nitrogens with one attached hydrogen (secondary N) is 2. The van der Waals surface area contributed by atoms with E-state index in [0.717, 1.165) is 23.6 Å². The van der Waals surface area contributed by atoms with Crippen LogP contribution in [0, 0.1) is 0 Å². The zero-order chi connectivity index (χ0) is 14.6. The predicted molar refractivity (Wildman–Crippen MR) is 82.8 cm³/mol. The fraction of sp³-hybridized carbons (Fsp3) is 0.400. The Balaban J connectivity index is 2.41. The van der Waals surface area contributed by atoms with Crippen LogP contribution in [0.3, 0.4) is 0 Å². The molecule has 2 heterocycles. The minimum Gasteiger partial charge on any atom is -0.370 e. The summed E-state index contributed by atoms with van der Waals surface area (Å²) in [5.41, 5.74) is 1.75. The molecule has 5 nitrogen and oxygen atoms in total. The first kappa shape index (κ1) is 14.2. The molecule has 0 aliphatic carbocycles. The fourth-order valence-electron chi connectivity index (χ4n) is 1.77. The molecular formula is C15H21N5. The standard InChI is InChI=1S/C15H21N5/c1-5-17-13-9-12(11-7-6-8-16-10-11)18-14(19-13)20-15(2,3)4/h6-10H,5H2,1-4H3,(H2,17,18,19,20). The highest BCUT2D eigenvalue weighted by molar-refractivity contribution is 5.63. The number of pyridine rings is 1. The van der Waals surface area contributed by atoms with Gasteiger partial charge in [-0.1, -0.05) is 0 Å². The van der Waals surface area contributed by atoms with Gasteiger partial charge in [0.15, 0.2) is 0 Å². The van der Waals surface area contributed by atoms with Crippen molar-refractivity contribution in [2.24, 2.45) is 0 Å². The molecular weight excluding hydrogens is 250 g/mol. The van der Waals surface area contributed by atoms with Crippen LogP contribution in [0.15, 0.2) is 30.6 Å². The monoisotopic (exact) mass is 271 g/mol. The molecule has 0 bridgehead atoms. The maximum atomic E-state index is 4.57. The van der Waals surface area contributed by atoms with Gasteiger partial charge in [0.2, 0.25) is 5.95 Å². The number of nitrogens with zero attached hydrogens (tertiary/aromatic N) is 3. The summed E-state index contributed by atoms with van der Waals surface area (Å²) < 4.78 is 0. The zero-order valence-corrected chi connectivity index (χ0v) is 12.4. The fourth-order valence-corrected chi connectivity index (χ4v) is 1.77. The molecule has 2 aromatic rings. The third-order valence-electron chi connectivity index (χ3n) is 2.53. The summed E-state index contributed by atoms with van der Waals surface area (Å²) in [5.74, 6) is 1.43. The topological polar surface area (TPSA) is 62.7 Å². The third kappa shape index (κ3) is 3.91. The van der Waals surface area contributed by atoms with E-state index in [0.29, 0.717) is 5.95 Å². The van der Waals surface area contributed by atoms with Crippen molar-refractivity contribution in [3.8, 4) is 11.3 Å². The quantitative estimate of drug-likeness (QED) is 0.894. The summed E-state index contributed by atoms with van der Waals surface area (Å²) in [5, 5.41) is 6.54. The molecule has 0 radical (unpaired) electrons. The van der Waals surface area contributed by atoms with Crippen LogP contribution in [0.5, 0.6) is 0 Å². The molecule has 2 aromatic heterocycles. The second kappa shape index (κ2) is 5.86. The van der Waals surface area contributed by atoms with E-state index >= 15 is 0 Å². The van der Waals surface area contributed by atoms with Crippen LogP contribution in [0.25, 0.3) is 11.3 Å². The Morgan fingerprint density at radius 3 is 2.60 bits per heavy atom. The normalized spacial score (nSPS) is 11.2. The predicted octanol–water partition coefficient (Wildman–Crippen LogP) is 3.18. The molecule has 0 unspecified atom stereocenters. The molecule has 0 saturated carbocycles. The number of aromatic nitrogens is 3. The summed E-state index contributed by atoms with van der Waals surface area (Å²) >= 11 is 0. The summed E-state index contributed by atoms with van der Waals surface area (Å²) in [6, 6.07) is 5.83. The second-order valence-electron chi connectivity index (χ2n) is 5.61. The first-order valence-corrected chi connectivity index (χ1v) is 6.79. The Kier molecular flexibility index (Phi) is 4.17. The lowest BCUT2D eigenvalue weighted by Gasteiger charge is -2.21. The lowest BCUT2D eigenvalue weighted by Crippen LogP contribution is -2.27. The van der Waals surface area contributed by atoms with Crippen LogP contribution in [0.2, 0.25) is 0 Å². The highest BCUT2D eigenvalue weighted by Crippen LogP contribution is 2.21. The zero-order valence-electron chi connectivity index (χ0n) is 12.4. The van der Waals surface area contributed by atoms with Crippen LogP contribution in [-0.2, 0) is 0 Å². The summed E-state index contributed by atoms with van der Waals surface area (Å²) in [4.78, 5) is 13.2. The second-order valence-corrected chi connectivity index (χ2v) is 5.61. The van der Waals surface area contributed by atoms with Crippen molar-refractivity contribution in [1.29, 1.82) is 0 Å². The van der Waals surface area contributed by atoms with Crippen molar-refractivity contribution in [1.82, 2.24) is 15.0 Å². The number of hydrogen-bond donors (Lipinski definition) is 2. The molecule has 2 N–H and O–H groups in total. The molecule has 106 valence electrons. The minimum atomic E-state index is -0.0863. The van der Waals surface area contributed by atoms with Crippen molar-refractivity contribution in [3.05, 3.63) is 30.6 Å². The Bertz CT molecular complexity index is 560. The molecule has 0 aliphatic heterocycles. The largest absolute Gasteiger partial charge is 0.370 e. The van der Waals surface area contributed by atoms with Gasteiger partial charge < -0.3 is 10.6 Å². The van der Waals surface area contributed by atoms with E-state index in [2.05, 4.69) is 46.4 Å². The van der Waals surface area contributed by atoms with Crippen molar-refractivity contribution in [2.75, 3.05) is 17.2 Å². The van der Waals surface area contributed by atoms with E-state index in [-0.39, 0.29) is 5.54 Å². The Morgan fingerprint density at radius 2 is 2.00 bits per heavy atom. The van der Waals surface area contributed by atoms with Gasteiger partial charge in [0.05, 0.1) is 5.69 Å². The van der Waals surface area contributed by atoms with Gasteiger partial charge in [0.1, 0.15) is 5.82 Å². The van der Waals surface area contributed by atoms with Gasteiger partial charge in [-0.2, -0.15) is 4.98 Å². The average Bonchev–Trinajstić information content (AvgIpc) is 2.38. The van der Waals surface area contributed by atoms with Crippen LogP contribution in [0.1, 0.15) is 27.7 Å². The Hall–Kier alpha value is -2.17. The molecule has 2 rings (SSSR count). The number of rotatable bonds is 4. The van der Waals surface area contributed by atoms with Gasteiger partial charge in [-0.25, -0.2) is 4.98 Å². The minimum absolute atomic E-state index is 0.0863. The first-order valence-electron chi connectivity index (χ1n) is 6.79. The first-order chi connectivity index (χ1) is 9.48. The highest BCUT2D eigenvalue weighted by Gasteiger charge is 2.13. The molecule has 0 amide bonds. The van der Waals surface area contributed by atoms with E-state index in [1.807, 2.05) is 25.1 Å². The molecule has 0 aliphatic rings. The number of hydrogen-bond acceptors (Lipinski definition) is 5. The maximum Gasteiger partial charge on any atom is 0.225 e. The van der Waals surface area contributed by atoms with Crippen LogP contribution < -0.4 is 10.6 Å². The molecule has 0 spiro atoms. The average molecular weight is 271 g/mol. The Morgan fingerprint density at radius 1 is 1.20 bits per heavy atom. The van der Waals surface area contributed by atoms with Crippen molar-refractivity contribution >= 4 is 11.8 Å².